The third-order valence-corrected chi connectivity index (χ3v) is 6.62. The molecular weight excluding hydrogens is 404 g/mol. The molecule has 2 aliphatic heterocycles. The fourth-order valence-electron chi connectivity index (χ4n) is 4.65. The molecule has 0 spiro atoms. The number of hydrogen-bond donors (Lipinski definition) is 3. The molecule has 3 aromatic rings. The summed E-state index contributed by atoms with van der Waals surface area (Å²) >= 11 is 0. The topological polar surface area (TPSA) is 94.8 Å². The van der Waals surface area contributed by atoms with Gasteiger partial charge in [-0.05, 0) is 42.7 Å². The average Bonchev–Trinajstić information content (AvgIpc) is 3.22. The number of benzene rings is 2. The highest BCUT2D eigenvalue weighted by Crippen LogP contribution is 2.37. The van der Waals surface area contributed by atoms with E-state index in [-0.39, 0.29) is 11.9 Å². The molecule has 0 radical (unpaired) electrons. The van der Waals surface area contributed by atoms with Crippen molar-refractivity contribution in [2.75, 3.05) is 31.6 Å². The van der Waals surface area contributed by atoms with Gasteiger partial charge in [0.15, 0.2) is 0 Å². The van der Waals surface area contributed by atoms with Gasteiger partial charge in [0.25, 0.3) is 0 Å². The number of rotatable bonds is 5. The van der Waals surface area contributed by atoms with Gasteiger partial charge in [-0.3, -0.25) is 4.79 Å². The molecule has 0 bridgehead atoms. The quantitative estimate of drug-likeness (QED) is 0.426. The monoisotopic (exact) mass is 432 g/mol. The van der Waals surface area contributed by atoms with Crippen LogP contribution in [0.25, 0.3) is 22.2 Å². The second kappa shape index (κ2) is 8.00. The summed E-state index contributed by atoms with van der Waals surface area (Å²) < 4.78 is 5.85. The molecule has 1 fully saturated rings. The number of hydrogen-bond acceptors (Lipinski definition) is 5. The van der Waals surface area contributed by atoms with E-state index in [0.717, 1.165) is 53.0 Å². The first-order valence-corrected chi connectivity index (χ1v) is 11.0. The van der Waals surface area contributed by atoms with E-state index in [9.17, 15) is 9.90 Å². The molecule has 1 atom stereocenters. The summed E-state index contributed by atoms with van der Waals surface area (Å²) in [5, 5.41) is 11.1. The maximum absolute atomic E-state index is 11.8. The predicted molar refractivity (Wildman–Crippen MR) is 126 cm³/mol. The van der Waals surface area contributed by atoms with Gasteiger partial charge in [0.2, 0.25) is 5.91 Å². The molecule has 0 aliphatic carbocycles. The van der Waals surface area contributed by atoms with Gasteiger partial charge < -0.3 is 30.4 Å². The first-order chi connectivity index (χ1) is 15.5. The van der Waals surface area contributed by atoms with Gasteiger partial charge in [-0.1, -0.05) is 24.8 Å². The average molecular weight is 433 g/mol. The number of aliphatic hydroxyl groups excluding tert-OH is 1. The van der Waals surface area contributed by atoms with Crippen molar-refractivity contribution in [3.05, 3.63) is 60.2 Å². The van der Waals surface area contributed by atoms with E-state index in [1.54, 1.807) is 4.90 Å². The molecule has 32 heavy (non-hydrogen) atoms. The molecule has 2 aromatic carbocycles. The SMILES string of the molecule is C=CC(=O)N1CC(N(C)c2ccc(C(N)O)c3[nH]c(-c4ccc5c(c4)OCCC5)cc23)C1. The van der Waals surface area contributed by atoms with E-state index in [1.807, 2.05) is 19.2 Å². The third kappa shape index (κ3) is 3.43. The normalized spacial score (nSPS) is 16.8. The molecule has 166 valence electrons. The Morgan fingerprint density at radius 1 is 1.34 bits per heavy atom. The van der Waals surface area contributed by atoms with Crippen LogP contribution in [0.4, 0.5) is 5.69 Å². The number of fused-ring (bicyclic) bond motifs is 2. The number of amides is 1. The summed E-state index contributed by atoms with van der Waals surface area (Å²) in [6, 6.07) is 12.5. The minimum atomic E-state index is -1.08. The van der Waals surface area contributed by atoms with Crippen molar-refractivity contribution in [2.24, 2.45) is 5.73 Å². The largest absolute Gasteiger partial charge is 0.493 e. The Morgan fingerprint density at radius 2 is 2.16 bits per heavy atom. The fraction of sp³-hybridized carbons (Fsp3) is 0.320. The van der Waals surface area contributed by atoms with Crippen molar-refractivity contribution < 1.29 is 14.6 Å². The van der Waals surface area contributed by atoms with Crippen molar-refractivity contribution in [1.82, 2.24) is 9.88 Å². The molecule has 5 rings (SSSR count). The van der Waals surface area contributed by atoms with Gasteiger partial charge in [0.05, 0.1) is 18.2 Å². The van der Waals surface area contributed by atoms with Crippen molar-refractivity contribution in [3.63, 3.8) is 0 Å². The molecule has 7 heteroatoms. The number of aryl methyl sites for hydroxylation is 1. The summed E-state index contributed by atoms with van der Waals surface area (Å²) in [6.07, 6.45) is 2.35. The minimum Gasteiger partial charge on any atom is -0.493 e. The smallest absolute Gasteiger partial charge is 0.246 e. The van der Waals surface area contributed by atoms with E-state index in [1.165, 1.54) is 11.6 Å². The van der Waals surface area contributed by atoms with Crippen LogP contribution < -0.4 is 15.4 Å². The maximum Gasteiger partial charge on any atom is 0.246 e. The van der Waals surface area contributed by atoms with Crippen LogP contribution in [0.1, 0.15) is 23.8 Å². The molecule has 1 unspecified atom stereocenters. The van der Waals surface area contributed by atoms with Crippen molar-refractivity contribution in [2.45, 2.75) is 25.1 Å². The highest BCUT2D eigenvalue weighted by molar-refractivity contribution is 5.98. The molecule has 1 saturated heterocycles. The van der Waals surface area contributed by atoms with Crippen LogP contribution in [0, 0.1) is 0 Å². The van der Waals surface area contributed by atoms with Crippen LogP contribution in [0.3, 0.4) is 0 Å². The summed E-state index contributed by atoms with van der Waals surface area (Å²) in [7, 11) is 2.03. The van der Waals surface area contributed by atoms with Gasteiger partial charge in [-0.2, -0.15) is 0 Å². The van der Waals surface area contributed by atoms with Gasteiger partial charge in [0.1, 0.15) is 12.0 Å². The van der Waals surface area contributed by atoms with E-state index in [2.05, 4.69) is 40.7 Å². The first-order valence-electron chi connectivity index (χ1n) is 11.0. The Bertz CT molecular complexity index is 1190. The second-order valence-corrected chi connectivity index (χ2v) is 8.58. The molecule has 7 nitrogen and oxygen atoms in total. The predicted octanol–water partition coefficient (Wildman–Crippen LogP) is 2.94. The van der Waals surface area contributed by atoms with Crippen LogP contribution in [-0.4, -0.2) is 53.7 Å². The lowest BCUT2D eigenvalue weighted by Gasteiger charge is -2.44. The Kier molecular flexibility index (Phi) is 5.15. The summed E-state index contributed by atoms with van der Waals surface area (Å²) in [6.45, 7) is 5.62. The number of nitrogens with zero attached hydrogens (tertiary/aromatic N) is 2. The van der Waals surface area contributed by atoms with E-state index >= 15 is 0 Å². The number of ether oxygens (including phenoxy) is 1. The van der Waals surface area contributed by atoms with Gasteiger partial charge in [-0.25, -0.2) is 0 Å². The number of aromatic nitrogens is 1. The zero-order valence-electron chi connectivity index (χ0n) is 18.2. The van der Waals surface area contributed by atoms with Crippen LogP contribution in [0.2, 0.25) is 0 Å². The molecular formula is C25H28N4O3. The van der Waals surface area contributed by atoms with Gasteiger partial charge in [0, 0.05) is 48.0 Å². The van der Waals surface area contributed by atoms with Crippen LogP contribution >= 0.6 is 0 Å². The molecule has 1 amide bonds. The number of H-pyrrole nitrogens is 1. The van der Waals surface area contributed by atoms with Crippen LogP contribution in [-0.2, 0) is 11.2 Å². The second-order valence-electron chi connectivity index (χ2n) is 8.58. The number of nitrogens with one attached hydrogen (secondary N) is 1. The summed E-state index contributed by atoms with van der Waals surface area (Å²) in [5.74, 6) is 0.894. The lowest BCUT2D eigenvalue weighted by atomic mass is 10.0. The number of aromatic amines is 1. The lowest BCUT2D eigenvalue weighted by molar-refractivity contribution is -0.130. The number of anilines is 1. The van der Waals surface area contributed by atoms with E-state index < -0.39 is 6.23 Å². The van der Waals surface area contributed by atoms with E-state index in [0.29, 0.717) is 18.7 Å². The Hall–Kier alpha value is -3.29. The Labute approximate surface area is 187 Å². The highest BCUT2D eigenvalue weighted by atomic mass is 16.5. The number of aliphatic hydroxyl groups is 1. The number of likely N-dealkylation sites (N-methyl/N-ethyl adjacent to an activating group) is 1. The molecule has 3 heterocycles. The number of nitrogens with two attached hydrogens (primary N) is 1. The lowest BCUT2D eigenvalue weighted by Crippen LogP contribution is -2.60. The first kappa shape index (κ1) is 20.6. The van der Waals surface area contributed by atoms with Crippen molar-refractivity contribution in [1.29, 1.82) is 0 Å². The Morgan fingerprint density at radius 3 is 2.91 bits per heavy atom. The fourth-order valence-corrected chi connectivity index (χ4v) is 4.65. The standard InChI is InChI=1S/C25H28N4O3/c1-3-23(30)29-13-17(14-29)28(2)21-9-8-18(25(26)31)24-19(21)12-20(27-24)16-7-6-15-5-4-10-32-22(15)11-16/h3,6-9,11-12,17,25,27,31H,1,4-5,10,13-14,26H2,2H3. The summed E-state index contributed by atoms with van der Waals surface area (Å²) in [4.78, 5) is 19.3. The van der Waals surface area contributed by atoms with Crippen LogP contribution in [0.15, 0.2) is 49.1 Å². The minimum absolute atomic E-state index is 0.0417. The van der Waals surface area contributed by atoms with Crippen molar-refractivity contribution >= 4 is 22.5 Å². The zero-order chi connectivity index (χ0) is 22.4. The number of likely N-dealkylation sites (tertiary alicyclic amines) is 1. The zero-order valence-corrected chi connectivity index (χ0v) is 18.2. The molecule has 0 saturated carbocycles. The Balaban J connectivity index is 1.53. The van der Waals surface area contributed by atoms with Crippen LogP contribution in [0.5, 0.6) is 5.75 Å². The maximum atomic E-state index is 11.8. The highest BCUT2D eigenvalue weighted by Gasteiger charge is 2.33. The number of carbonyl (C=O) groups excluding carboxylic acids is 1. The summed E-state index contributed by atoms with van der Waals surface area (Å²) in [5.41, 5.74) is 11.5. The van der Waals surface area contributed by atoms with Gasteiger partial charge >= 0.3 is 0 Å². The number of carbonyl (C=O) groups is 1. The molecule has 2 aliphatic rings. The molecule has 4 N–H and O–H groups in total. The van der Waals surface area contributed by atoms with Crippen molar-refractivity contribution in [3.8, 4) is 17.0 Å². The third-order valence-electron chi connectivity index (χ3n) is 6.62. The van der Waals surface area contributed by atoms with Gasteiger partial charge in [-0.15, -0.1) is 0 Å². The van der Waals surface area contributed by atoms with E-state index in [4.69, 9.17) is 10.5 Å². The molecule has 1 aromatic heterocycles.